The minimum Gasteiger partial charge on any atom is -0.484 e. The third kappa shape index (κ3) is 7.04. The van der Waals surface area contributed by atoms with Crippen molar-refractivity contribution in [3.63, 3.8) is 0 Å². The predicted molar refractivity (Wildman–Crippen MR) is 107 cm³/mol. The van der Waals surface area contributed by atoms with E-state index in [1.807, 2.05) is 0 Å². The number of nitrogens with one attached hydrogen (secondary N) is 1. The van der Waals surface area contributed by atoms with Crippen LogP contribution in [0.15, 0.2) is 48.5 Å². The maximum absolute atomic E-state index is 12.0. The van der Waals surface area contributed by atoms with Crippen molar-refractivity contribution in [1.82, 2.24) is 5.32 Å². The molecule has 2 aromatic carbocycles. The molecular formula is C22H27NO5. The Kier molecular flexibility index (Phi) is 8.49. The SMILES string of the molecule is CCc1ccc(CCNC(=O)COc2cccc(CC(OC)C(=O)O)c2)cc1. The van der Waals surface area contributed by atoms with Gasteiger partial charge in [-0.2, -0.15) is 0 Å². The third-order valence-electron chi connectivity index (χ3n) is 4.42. The molecule has 0 aliphatic rings. The summed E-state index contributed by atoms with van der Waals surface area (Å²) in [7, 11) is 1.36. The fourth-order valence-electron chi connectivity index (χ4n) is 2.74. The first-order valence-corrected chi connectivity index (χ1v) is 9.33. The third-order valence-corrected chi connectivity index (χ3v) is 4.42. The smallest absolute Gasteiger partial charge is 0.333 e. The number of amides is 1. The highest BCUT2D eigenvalue weighted by Gasteiger charge is 2.17. The molecule has 0 fully saturated rings. The molecule has 0 bridgehead atoms. The highest BCUT2D eigenvalue weighted by atomic mass is 16.5. The van der Waals surface area contributed by atoms with E-state index in [0.717, 1.165) is 18.4 Å². The first kappa shape index (κ1) is 21.4. The number of methoxy groups -OCH3 is 1. The fourth-order valence-corrected chi connectivity index (χ4v) is 2.74. The lowest BCUT2D eigenvalue weighted by Gasteiger charge is -2.12. The van der Waals surface area contributed by atoms with Gasteiger partial charge in [0.1, 0.15) is 5.75 Å². The molecule has 150 valence electrons. The van der Waals surface area contributed by atoms with E-state index in [1.165, 1.54) is 18.2 Å². The Bertz CT molecular complexity index is 773. The van der Waals surface area contributed by atoms with Gasteiger partial charge in [-0.25, -0.2) is 4.79 Å². The van der Waals surface area contributed by atoms with Crippen molar-refractivity contribution in [2.45, 2.75) is 32.3 Å². The zero-order valence-electron chi connectivity index (χ0n) is 16.3. The number of carbonyl (C=O) groups is 2. The molecule has 0 aliphatic carbocycles. The van der Waals surface area contributed by atoms with Crippen LogP contribution in [0, 0.1) is 0 Å². The fraction of sp³-hybridized carbons (Fsp3) is 0.364. The van der Waals surface area contributed by atoms with Gasteiger partial charge in [-0.15, -0.1) is 0 Å². The lowest BCUT2D eigenvalue weighted by molar-refractivity contribution is -0.148. The Labute approximate surface area is 165 Å². The predicted octanol–water partition coefficient (Wildman–Crippen LogP) is 2.63. The first-order chi connectivity index (χ1) is 13.5. The van der Waals surface area contributed by atoms with Gasteiger partial charge in [-0.1, -0.05) is 43.3 Å². The lowest BCUT2D eigenvalue weighted by Crippen LogP contribution is -2.30. The molecular weight excluding hydrogens is 358 g/mol. The van der Waals surface area contributed by atoms with Crippen LogP contribution in [0.2, 0.25) is 0 Å². The Morgan fingerprint density at radius 3 is 2.43 bits per heavy atom. The highest BCUT2D eigenvalue weighted by molar-refractivity contribution is 5.77. The molecule has 1 unspecified atom stereocenters. The van der Waals surface area contributed by atoms with E-state index in [0.29, 0.717) is 12.3 Å². The van der Waals surface area contributed by atoms with Gasteiger partial charge in [0.25, 0.3) is 5.91 Å². The summed E-state index contributed by atoms with van der Waals surface area (Å²) >= 11 is 0. The van der Waals surface area contributed by atoms with Gasteiger partial charge in [0.2, 0.25) is 0 Å². The number of aryl methyl sites for hydroxylation is 1. The van der Waals surface area contributed by atoms with Crippen LogP contribution >= 0.6 is 0 Å². The molecule has 1 amide bonds. The number of hydrogen-bond donors (Lipinski definition) is 2. The Hall–Kier alpha value is -2.86. The molecule has 0 heterocycles. The molecule has 2 aromatic rings. The molecule has 28 heavy (non-hydrogen) atoms. The summed E-state index contributed by atoms with van der Waals surface area (Å²) in [6, 6.07) is 15.4. The standard InChI is InChI=1S/C22H27NO5/c1-3-16-7-9-17(10-8-16)11-12-23-21(24)15-28-19-6-4-5-18(13-19)14-20(27-2)22(25)26/h4-10,13,20H,3,11-12,14-15H2,1-2H3,(H,23,24)(H,25,26). The zero-order valence-corrected chi connectivity index (χ0v) is 16.3. The van der Waals surface area contributed by atoms with Crippen LogP contribution in [0.25, 0.3) is 0 Å². The summed E-state index contributed by atoms with van der Waals surface area (Å²) in [5.74, 6) is -0.698. The van der Waals surface area contributed by atoms with Crippen molar-refractivity contribution in [2.24, 2.45) is 0 Å². The number of rotatable bonds is 11. The number of hydrogen-bond acceptors (Lipinski definition) is 4. The van der Waals surface area contributed by atoms with Gasteiger partial charge < -0.3 is 19.9 Å². The van der Waals surface area contributed by atoms with E-state index in [1.54, 1.807) is 24.3 Å². The maximum atomic E-state index is 12.0. The van der Waals surface area contributed by atoms with E-state index in [2.05, 4.69) is 36.5 Å². The van der Waals surface area contributed by atoms with Crippen LogP contribution in [-0.2, 0) is 33.6 Å². The number of carboxylic acids is 1. The van der Waals surface area contributed by atoms with Crippen LogP contribution in [0.3, 0.4) is 0 Å². The molecule has 0 saturated carbocycles. The number of carbonyl (C=O) groups excluding carboxylic acids is 1. The maximum Gasteiger partial charge on any atom is 0.333 e. The van der Waals surface area contributed by atoms with E-state index < -0.39 is 12.1 Å². The summed E-state index contributed by atoms with van der Waals surface area (Å²) in [5.41, 5.74) is 3.24. The molecule has 0 aliphatic heterocycles. The van der Waals surface area contributed by atoms with Gasteiger partial charge in [-0.3, -0.25) is 4.79 Å². The summed E-state index contributed by atoms with van der Waals surface area (Å²) in [5, 5.41) is 11.9. The minimum absolute atomic E-state index is 0.0924. The average Bonchev–Trinajstić information content (AvgIpc) is 2.71. The first-order valence-electron chi connectivity index (χ1n) is 9.33. The van der Waals surface area contributed by atoms with Crippen LogP contribution < -0.4 is 10.1 Å². The van der Waals surface area contributed by atoms with Crippen LogP contribution in [0.1, 0.15) is 23.6 Å². The average molecular weight is 385 g/mol. The molecule has 0 spiro atoms. The summed E-state index contributed by atoms with van der Waals surface area (Å²) in [6.45, 7) is 2.57. The molecule has 0 aromatic heterocycles. The van der Waals surface area contributed by atoms with Crippen molar-refractivity contribution in [2.75, 3.05) is 20.3 Å². The minimum atomic E-state index is -1.02. The van der Waals surface area contributed by atoms with E-state index in [9.17, 15) is 9.59 Å². The highest BCUT2D eigenvalue weighted by Crippen LogP contribution is 2.15. The van der Waals surface area contributed by atoms with Crippen molar-refractivity contribution in [3.8, 4) is 5.75 Å². The normalized spacial score (nSPS) is 11.6. The van der Waals surface area contributed by atoms with E-state index in [-0.39, 0.29) is 18.9 Å². The van der Waals surface area contributed by atoms with Crippen LogP contribution in [0.4, 0.5) is 0 Å². The van der Waals surface area contributed by atoms with Gasteiger partial charge in [0.15, 0.2) is 12.7 Å². The Morgan fingerprint density at radius 1 is 1.07 bits per heavy atom. The molecule has 0 radical (unpaired) electrons. The van der Waals surface area contributed by atoms with Crippen molar-refractivity contribution in [3.05, 3.63) is 65.2 Å². The van der Waals surface area contributed by atoms with Gasteiger partial charge in [0.05, 0.1) is 0 Å². The molecule has 6 nitrogen and oxygen atoms in total. The van der Waals surface area contributed by atoms with Gasteiger partial charge >= 0.3 is 5.97 Å². The Balaban J connectivity index is 1.75. The molecule has 0 saturated heterocycles. The second-order valence-corrected chi connectivity index (χ2v) is 6.47. The largest absolute Gasteiger partial charge is 0.484 e. The van der Waals surface area contributed by atoms with Crippen molar-refractivity contribution >= 4 is 11.9 Å². The summed E-state index contributed by atoms with van der Waals surface area (Å²) in [6.07, 6.45) is 1.09. The van der Waals surface area contributed by atoms with Crippen LogP contribution in [-0.4, -0.2) is 43.3 Å². The zero-order chi connectivity index (χ0) is 20.4. The topological polar surface area (TPSA) is 84.9 Å². The number of ether oxygens (including phenoxy) is 2. The monoisotopic (exact) mass is 385 g/mol. The second kappa shape index (κ2) is 11.1. The number of aliphatic carboxylic acids is 1. The number of carboxylic acid groups (broad SMARTS) is 1. The summed E-state index contributed by atoms with van der Waals surface area (Å²) < 4.78 is 10.5. The van der Waals surface area contributed by atoms with Gasteiger partial charge in [0, 0.05) is 20.1 Å². The quantitative estimate of drug-likeness (QED) is 0.621. The second-order valence-electron chi connectivity index (χ2n) is 6.47. The Morgan fingerprint density at radius 2 is 1.79 bits per heavy atom. The molecule has 1 atom stereocenters. The van der Waals surface area contributed by atoms with Crippen LogP contribution in [0.5, 0.6) is 5.75 Å². The van der Waals surface area contributed by atoms with Gasteiger partial charge in [-0.05, 0) is 41.7 Å². The van der Waals surface area contributed by atoms with Crippen molar-refractivity contribution in [1.29, 1.82) is 0 Å². The molecule has 2 rings (SSSR count). The van der Waals surface area contributed by atoms with E-state index >= 15 is 0 Å². The summed E-state index contributed by atoms with van der Waals surface area (Å²) in [4.78, 5) is 23.0. The molecule has 2 N–H and O–H groups in total. The molecule has 6 heteroatoms. The lowest BCUT2D eigenvalue weighted by atomic mass is 10.1. The van der Waals surface area contributed by atoms with Crippen molar-refractivity contribution < 1.29 is 24.2 Å². The van der Waals surface area contributed by atoms with E-state index in [4.69, 9.17) is 14.6 Å². The number of benzene rings is 2.